The molecule has 118 valence electrons. The van der Waals surface area contributed by atoms with Gasteiger partial charge in [-0.25, -0.2) is 0 Å². The molecule has 0 heterocycles. The second kappa shape index (κ2) is 9.19. The molecule has 0 saturated heterocycles. The van der Waals surface area contributed by atoms with Crippen molar-refractivity contribution in [1.82, 2.24) is 0 Å². The van der Waals surface area contributed by atoms with E-state index < -0.39 is 6.10 Å². The molecule has 2 rings (SSSR count). The quantitative estimate of drug-likeness (QED) is 0.673. The van der Waals surface area contributed by atoms with Crippen LogP contribution in [-0.2, 0) is 4.79 Å². The molecule has 4 heteroatoms. The molecule has 1 aliphatic rings. The third kappa shape index (κ3) is 5.42. The lowest BCUT2D eigenvalue weighted by atomic mass is 9.97. The number of nitrogens with two attached hydrogens (primary N) is 1. The third-order valence-corrected chi connectivity index (χ3v) is 4.36. The minimum atomic E-state index is -0.475. The first-order valence-electron chi connectivity index (χ1n) is 7.77. The predicted octanol–water partition coefficient (Wildman–Crippen LogP) is -1.17. The summed E-state index contributed by atoms with van der Waals surface area (Å²) >= 11 is 0. The van der Waals surface area contributed by atoms with Gasteiger partial charge in [-0.15, -0.1) is 0 Å². The SMILES string of the molecule is CC([NH2+]CC1CCCCCC1=O)C(O)c1ccccc1.[Cl-]. The van der Waals surface area contributed by atoms with Crippen molar-refractivity contribution in [2.24, 2.45) is 5.92 Å². The van der Waals surface area contributed by atoms with Gasteiger partial charge in [0.15, 0.2) is 0 Å². The van der Waals surface area contributed by atoms with Gasteiger partial charge in [0.2, 0.25) is 0 Å². The van der Waals surface area contributed by atoms with Gasteiger partial charge in [0.25, 0.3) is 0 Å². The number of hydrogen-bond donors (Lipinski definition) is 2. The van der Waals surface area contributed by atoms with E-state index in [2.05, 4.69) is 5.32 Å². The lowest BCUT2D eigenvalue weighted by Crippen LogP contribution is -3.00. The molecule has 1 fully saturated rings. The highest BCUT2D eigenvalue weighted by atomic mass is 35.5. The zero-order chi connectivity index (χ0) is 14.4. The number of hydrogen-bond acceptors (Lipinski definition) is 2. The number of halogens is 1. The molecule has 3 nitrogen and oxygen atoms in total. The smallest absolute Gasteiger partial charge is 0.141 e. The molecule has 1 aliphatic carbocycles. The van der Waals surface area contributed by atoms with Gasteiger partial charge in [0.1, 0.15) is 17.9 Å². The van der Waals surface area contributed by atoms with Gasteiger partial charge in [-0.2, -0.15) is 0 Å². The van der Waals surface area contributed by atoms with Crippen molar-refractivity contribution in [3.8, 4) is 0 Å². The van der Waals surface area contributed by atoms with Crippen LogP contribution in [0.15, 0.2) is 30.3 Å². The van der Waals surface area contributed by atoms with Crippen LogP contribution < -0.4 is 17.7 Å². The Labute approximate surface area is 133 Å². The Kier molecular flexibility index (Phi) is 7.94. The molecule has 1 aromatic rings. The third-order valence-electron chi connectivity index (χ3n) is 4.36. The van der Waals surface area contributed by atoms with E-state index in [1.807, 2.05) is 37.3 Å². The molecule has 0 amide bonds. The molecule has 0 spiro atoms. The Hall–Kier alpha value is -0.900. The van der Waals surface area contributed by atoms with Gasteiger partial charge in [0.05, 0.1) is 12.5 Å². The molecule has 21 heavy (non-hydrogen) atoms. The maximum atomic E-state index is 12.0. The summed E-state index contributed by atoms with van der Waals surface area (Å²) in [6, 6.07) is 9.82. The molecule has 0 bridgehead atoms. The number of Topliss-reactive ketones (excluding diaryl/α,β-unsaturated/α-hetero) is 1. The Morgan fingerprint density at radius 1 is 1.24 bits per heavy atom. The summed E-state index contributed by atoms with van der Waals surface area (Å²) in [6.07, 6.45) is 4.69. The van der Waals surface area contributed by atoms with Crippen molar-refractivity contribution in [3.05, 3.63) is 35.9 Å². The average molecular weight is 312 g/mol. The summed E-state index contributed by atoms with van der Waals surface area (Å²) in [5.74, 6) is 0.600. The lowest BCUT2D eigenvalue weighted by Gasteiger charge is -2.20. The highest BCUT2D eigenvalue weighted by Gasteiger charge is 2.25. The number of aliphatic hydroxyl groups excluding tert-OH is 1. The highest BCUT2D eigenvalue weighted by Crippen LogP contribution is 2.19. The number of quaternary nitrogens is 1. The van der Waals surface area contributed by atoms with Gasteiger partial charge in [-0.3, -0.25) is 4.79 Å². The monoisotopic (exact) mass is 311 g/mol. The minimum absolute atomic E-state index is 0. The lowest BCUT2D eigenvalue weighted by molar-refractivity contribution is -0.697. The summed E-state index contributed by atoms with van der Waals surface area (Å²) in [6.45, 7) is 2.84. The van der Waals surface area contributed by atoms with E-state index in [0.29, 0.717) is 5.78 Å². The fourth-order valence-corrected chi connectivity index (χ4v) is 2.94. The van der Waals surface area contributed by atoms with Crippen molar-refractivity contribution in [2.75, 3.05) is 6.54 Å². The van der Waals surface area contributed by atoms with Gasteiger partial charge in [0, 0.05) is 6.42 Å². The Morgan fingerprint density at radius 2 is 1.95 bits per heavy atom. The first-order valence-corrected chi connectivity index (χ1v) is 7.77. The van der Waals surface area contributed by atoms with Crippen LogP contribution in [0.1, 0.15) is 50.7 Å². The molecule has 0 radical (unpaired) electrons. The van der Waals surface area contributed by atoms with Gasteiger partial charge < -0.3 is 22.8 Å². The number of aliphatic hydroxyl groups is 1. The normalized spacial score (nSPS) is 22.0. The number of carbonyl (C=O) groups excluding carboxylic acids is 1. The first-order chi connectivity index (χ1) is 9.68. The van der Waals surface area contributed by atoms with Gasteiger partial charge in [-0.1, -0.05) is 43.2 Å². The van der Waals surface area contributed by atoms with E-state index in [9.17, 15) is 9.90 Å². The second-order valence-corrected chi connectivity index (χ2v) is 5.95. The number of benzene rings is 1. The molecule has 3 unspecified atom stereocenters. The van der Waals surface area contributed by atoms with Crippen LogP contribution in [0.2, 0.25) is 0 Å². The van der Waals surface area contributed by atoms with Crippen molar-refractivity contribution in [3.63, 3.8) is 0 Å². The highest BCUT2D eigenvalue weighted by molar-refractivity contribution is 5.81. The number of carbonyl (C=O) groups is 1. The topological polar surface area (TPSA) is 53.9 Å². The van der Waals surface area contributed by atoms with Crippen LogP contribution in [-0.4, -0.2) is 23.5 Å². The van der Waals surface area contributed by atoms with Crippen LogP contribution >= 0.6 is 0 Å². The molecular formula is C17H26ClNO2. The zero-order valence-electron chi connectivity index (χ0n) is 12.7. The van der Waals surface area contributed by atoms with Crippen LogP contribution in [0, 0.1) is 5.92 Å². The van der Waals surface area contributed by atoms with Gasteiger partial charge in [-0.05, 0) is 25.3 Å². The van der Waals surface area contributed by atoms with Crippen molar-refractivity contribution in [2.45, 2.75) is 51.2 Å². The standard InChI is InChI=1S/C17H25NO2.ClH/c1-13(17(20)14-8-4-2-5-9-14)18-12-15-10-6-3-7-11-16(15)19;/h2,4-5,8-9,13,15,17-18,20H,3,6-7,10-12H2,1H3;1H. The van der Waals surface area contributed by atoms with E-state index in [-0.39, 0.29) is 24.4 Å². The fourth-order valence-electron chi connectivity index (χ4n) is 2.94. The first kappa shape index (κ1) is 18.1. The average Bonchev–Trinajstić information content (AvgIpc) is 2.69. The van der Waals surface area contributed by atoms with E-state index in [1.165, 1.54) is 12.8 Å². The summed E-state index contributed by atoms with van der Waals surface area (Å²) in [5, 5.41) is 12.5. The summed E-state index contributed by atoms with van der Waals surface area (Å²) in [4.78, 5) is 12.0. The van der Waals surface area contributed by atoms with Crippen molar-refractivity contribution < 1.29 is 27.6 Å². The number of ketones is 1. The number of rotatable bonds is 5. The Bertz CT molecular complexity index is 424. The summed E-state index contributed by atoms with van der Waals surface area (Å²) in [5.41, 5.74) is 0.948. The molecular weight excluding hydrogens is 286 g/mol. The molecule has 0 aliphatic heterocycles. The van der Waals surface area contributed by atoms with Crippen LogP contribution in [0.4, 0.5) is 0 Å². The van der Waals surface area contributed by atoms with Crippen LogP contribution in [0.5, 0.6) is 0 Å². The van der Waals surface area contributed by atoms with Crippen LogP contribution in [0.3, 0.4) is 0 Å². The second-order valence-electron chi connectivity index (χ2n) is 5.95. The Balaban J connectivity index is 0.00000220. The molecule has 3 N–H and O–H groups in total. The molecule has 0 aromatic heterocycles. The van der Waals surface area contributed by atoms with Crippen LogP contribution in [0.25, 0.3) is 0 Å². The molecule has 1 saturated carbocycles. The largest absolute Gasteiger partial charge is 1.00 e. The molecule has 3 atom stereocenters. The minimum Gasteiger partial charge on any atom is -1.00 e. The maximum absolute atomic E-state index is 12.0. The Morgan fingerprint density at radius 3 is 2.67 bits per heavy atom. The van der Waals surface area contributed by atoms with Crippen molar-refractivity contribution in [1.29, 1.82) is 0 Å². The summed E-state index contributed by atoms with van der Waals surface area (Å²) < 4.78 is 0. The van der Waals surface area contributed by atoms with Gasteiger partial charge >= 0.3 is 0 Å². The van der Waals surface area contributed by atoms with E-state index >= 15 is 0 Å². The zero-order valence-corrected chi connectivity index (χ0v) is 13.4. The van der Waals surface area contributed by atoms with E-state index in [1.54, 1.807) is 0 Å². The maximum Gasteiger partial charge on any atom is 0.141 e. The van der Waals surface area contributed by atoms with E-state index in [0.717, 1.165) is 31.4 Å². The molecule has 1 aromatic carbocycles. The predicted molar refractivity (Wildman–Crippen MR) is 79.2 cm³/mol. The van der Waals surface area contributed by atoms with E-state index in [4.69, 9.17) is 0 Å². The summed E-state index contributed by atoms with van der Waals surface area (Å²) in [7, 11) is 0. The fraction of sp³-hybridized carbons (Fsp3) is 0.588. The van der Waals surface area contributed by atoms with Crippen molar-refractivity contribution >= 4 is 5.78 Å².